The second-order valence-electron chi connectivity index (χ2n) is 5.33. The zero-order valence-corrected chi connectivity index (χ0v) is 12.6. The lowest BCUT2D eigenvalue weighted by Gasteiger charge is -2.18. The predicted molar refractivity (Wildman–Crippen MR) is 86.9 cm³/mol. The lowest BCUT2D eigenvalue weighted by molar-refractivity contribution is -0.110. The van der Waals surface area contributed by atoms with Crippen molar-refractivity contribution in [2.75, 3.05) is 25.6 Å². The van der Waals surface area contributed by atoms with Crippen molar-refractivity contribution in [3.05, 3.63) is 47.5 Å². The van der Waals surface area contributed by atoms with Crippen LogP contribution >= 0.6 is 0 Å². The summed E-state index contributed by atoms with van der Waals surface area (Å²) in [6.07, 6.45) is 1.85. The summed E-state index contributed by atoms with van der Waals surface area (Å²) in [4.78, 5) is 12.2. The van der Waals surface area contributed by atoms with Crippen LogP contribution < -0.4 is 19.5 Å². The van der Waals surface area contributed by atoms with Crippen LogP contribution in [0.15, 0.2) is 36.4 Å². The van der Waals surface area contributed by atoms with Crippen molar-refractivity contribution in [1.82, 2.24) is 0 Å². The highest BCUT2D eigenvalue weighted by Gasteiger charge is 2.24. The minimum Gasteiger partial charge on any atom is -0.497 e. The van der Waals surface area contributed by atoms with Crippen LogP contribution in [0, 0.1) is 0 Å². The van der Waals surface area contributed by atoms with E-state index in [0.29, 0.717) is 30.3 Å². The number of nitrogens with one attached hydrogen (secondary N) is 1. The molecule has 5 nitrogen and oxygen atoms in total. The fourth-order valence-corrected chi connectivity index (χ4v) is 2.75. The van der Waals surface area contributed by atoms with Crippen LogP contribution in [0.4, 0.5) is 5.69 Å². The SMILES string of the molecule is COc1ccc2c(c1)/C(=C\c1ccc3c(c1)OCCO3)C(=O)N2. The Morgan fingerprint density at radius 1 is 1.09 bits per heavy atom. The van der Waals surface area contributed by atoms with Crippen LogP contribution in [0.1, 0.15) is 11.1 Å². The summed E-state index contributed by atoms with van der Waals surface area (Å²) in [6, 6.07) is 11.2. The van der Waals surface area contributed by atoms with Crippen LogP contribution in [0.25, 0.3) is 11.6 Å². The lowest BCUT2D eigenvalue weighted by atomic mass is 10.0. The maximum Gasteiger partial charge on any atom is 0.256 e. The molecule has 0 atom stereocenters. The quantitative estimate of drug-likeness (QED) is 0.867. The second-order valence-corrected chi connectivity index (χ2v) is 5.33. The van der Waals surface area contributed by atoms with Gasteiger partial charge in [0.25, 0.3) is 5.91 Å². The molecule has 2 aromatic carbocycles. The average Bonchev–Trinajstić information content (AvgIpc) is 2.89. The summed E-state index contributed by atoms with van der Waals surface area (Å²) < 4.78 is 16.3. The highest BCUT2D eigenvalue weighted by Crippen LogP contribution is 2.37. The van der Waals surface area contributed by atoms with Crippen molar-refractivity contribution in [3.63, 3.8) is 0 Å². The number of methoxy groups -OCH3 is 1. The highest BCUT2D eigenvalue weighted by molar-refractivity contribution is 6.35. The van der Waals surface area contributed by atoms with Crippen LogP contribution in [-0.4, -0.2) is 26.2 Å². The molecule has 0 spiro atoms. The number of rotatable bonds is 2. The smallest absolute Gasteiger partial charge is 0.256 e. The van der Waals surface area contributed by atoms with E-state index in [2.05, 4.69) is 5.32 Å². The Labute approximate surface area is 133 Å². The van der Waals surface area contributed by atoms with E-state index in [0.717, 1.165) is 22.6 Å². The topological polar surface area (TPSA) is 56.8 Å². The second kappa shape index (κ2) is 5.35. The van der Waals surface area contributed by atoms with E-state index in [1.165, 1.54) is 0 Å². The molecule has 2 heterocycles. The molecule has 23 heavy (non-hydrogen) atoms. The Balaban J connectivity index is 1.76. The van der Waals surface area contributed by atoms with Gasteiger partial charge in [0.2, 0.25) is 0 Å². The third-order valence-corrected chi connectivity index (χ3v) is 3.89. The molecule has 2 aliphatic rings. The first-order valence-electron chi connectivity index (χ1n) is 7.36. The molecule has 0 saturated heterocycles. The molecule has 0 bridgehead atoms. The molecular formula is C18H15NO4. The van der Waals surface area contributed by atoms with Gasteiger partial charge in [0.1, 0.15) is 19.0 Å². The molecular weight excluding hydrogens is 294 g/mol. The van der Waals surface area contributed by atoms with Crippen molar-refractivity contribution >= 4 is 23.2 Å². The molecule has 1 N–H and O–H groups in total. The third kappa shape index (κ3) is 2.40. The molecule has 2 aliphatic heterocycles. The van der Waals surface area contributed by atoms with Crippen LogP contribution in [0.3, 0.4) is 0 Å². The molecule has 2 aromatic rings. The van der Waals surface area contributed by atoms with Gasteiger partial charge in [-0.3, -0.25) is 4.79 Å². The fraction of sp³-hybridized carbons (Fsp3) is 0.167. The van der Waals surface area contributed by atoms with Gasteiger partial charge >= 0.3 is 0 Å². The Hall–Kier alpha value is -2.95. The van der Waals surface area contributed by atoms with Crippen molar-refractivity contribution in [3.8, 4) is 17.2 Å². The summed E-state index contributed by atoms with van der Waals surface area (Å²) in [6.45, 7) is 1.09. The normalized spacial score (nSPS) is 16.9. The van der Waals surface area contributed by atoms with E-state index in [4.69, 9.17) is 14.2 Å². The van der Waals surface area contributed by atoms with Gasteiger partial charge in [0, 0.05) is 16.8 Å². The van der Waals surface area contributed by atoms with Gasteiger partial charge in [-0.2, -0.15) is 0 Å². The van der Waals surface area contributed by atoms with E-state index >= 15 is 0 Å². The number of anilines is 1. The minimum absolute atomic E-state index is 0.122. The maximum absolute atomic E-state index is 12.2. The molecule has 0 aliphatic carbocycles. The Morgan fingerprint density at radius 2 is 1.91 bits per heavy atom. The van der Waals surface area contributed by atoms with Crippen molar-refractivity contribution in [2.45, 2.75) is 0 Å². The fourth-order valence-electron chi connectivity index (χ4n) is 2.75. The molecule has 0 unspecified atom stereocenters. The molecule has 116 valence electrons. The number of carbonyl (C=O) groups excluding carboxylic acids is 1. The zero-order valence-electron chi connectivity index (χ0n) is 12.6. The Kier molecular flexibility index (Phi) is 3.19. The van der Waals surface area contributed by atoms with Gasteiger partial charge in [0.15, 0.2) is 11.5 Å². The highest BCUT2D eigenvalue weighted by atomic mass is 16.6. The number of hydrogen-bond acceptors (Lipinski definition) is 4. The first kappa shape index (κ1) is 13.7. The van der Waals surface area contributed by atoms with Gasteiger partial charge in [-0.1, -0.05) is 6.07 Å². The van der Waals surface area contributed by atoms with E-state index < -0.39 is 0 Å². The van der Waals surface area contributed by atoms with E-state index in [1.807, 2.05) is 42.5 Å². The van der Waals surface area contributed by atoms with Gasteiger partial charge < -0.3 is 19.5 Å². The van der Waals surface area contributed by atoms with Gasteiger partial charge in [-0.05, 0) is 42.0 Å². The van der Waals surface area contributed by atoms with Crippen molar-refractivity contribution in [1.29, 1.82) is 0 Å². The minimum atomic E-state index is -0.122. The van der Waals surface area contributed by atoms with Gasteiger partial charge in [0.05, 0.1) is 7.11 Å². The van der Waals surface area contributed by atoms with Gasteiger partial charge in [-0.25, -0.2) is 0 Å². The summed E-state index contributed by atoms with van der Waals surface area (Å²) >= 11 is 0. The molecule has 0 radical (unpaired) electrons. The number of amides is 1. The monoisotopic (exact) mass is 309 g/mol. The zero-order chi connectivity index (χ0) is 15.8. The van der Waals surface area contributed by atoms with Crippen molar-refractivity contribution in [2.24, 2.45) is 0 Å². The number of benzene rings is 2. The molecule has 0 aromatic heterocycles. The third-order valence-electron chi connectivity index (χ3n) is 3.89. The summed E-state index contributed by atoms with van der Waals surface area (Å²) in [5.74, 6) is 2.03. The predicted octanol–water partition coefficient (Wildman–Crippen LogP) is 2.96. The summed E-state index contributed by atoms with van der Waals surface area (Å²) in [7, 11) is 1.61. The number of fused-ring (bicyclic) bond motifs is 2. The summed E-state index contributed by atoms with van der Waals surface area (Å²) in [5, 5.41) is 2.86. The van der Waals surface area contributed by atoms with Gasteiger partial charge in [-0.15, -0.1) is 0 Å². The number of hydrogen-bond donors (Lipinski definition) is 1. The molecule has 5 heteroatoms. The number of ether oxygens (including phenoxy) is 3. The van der Waals surface area contributed by atoms with Crippen LogP contribution in [0.5, 0.6) is 17.2 Å². The molecule has 4 rings (SSSR count). The van der Waals surface area contributed by atoms with E-state index in [-0.39, 0.29) is 5.91 Å². The first-order chi connectivity index (χ1) is 11.2. The standard InChI is InChI=1S/C18H15NO4/c1-21-12-3-4-15-13(10-12)14(18(20)19-15)8-11-2-5-16-17(9-11)23-7-6-22-16/h2-5,8-10H,6-7H2,1H3,(H,19,20)/b14-8+. The Bertz CT molecular complexity index is 826. The lowest BCUT2D eigenvalue weighted by Crippen LogP contribution is -2.15. The number of carbonyl (C=O) groups is 1. The molecule has 0 fully saturated rings. The average molecular weight is 309 g/mol. The largest absolute Gasteiger partial charge is 0.497 e. The molecule has 0 saturated carbocycles. The van der Waals surface area contributed by atoms with Crippen LogP contribution in [0.2, 0.25) is 0 Å². The van der Waals surface area contributed by atoms with Crippen molar-refractivity contribution < 1.29 is 19.0 Å². The summed E-state index contributed by atoms with van der Waals surface area (Å²) in [5.41, 5.74) is 3.12. The maximum atomic E-state index is 12.2. The van der Waals surface area contributed by atoms with E-state index in [9.17, 15) is 4.79 Å². The first-order valence-corrected chi connectivity index (χ1v) is 7.36. The van der Waals surface area contributed by atoms with E-state index in [1.54, 1.807) is 7.11 Å². The molecule has 1 amide bonds. The van der Waals surface area contributed by atoms with Crippen LogP contribution in [-0.2, 0) is 4.79 Å². The Morgan fingerprint density at radius 3 is 2.74 bits per heavy atom.